The minimum atomic E-state index is -0.371. The summed E-state index contributed by atoms with van der Waals surface area (Å²) in [5.74, 6) is 0.417. The van der Waals surface area contributed by atoms with Gasteiger partial charge in [0.05, 0.1) is 15.4 Å². The molecule has 4 aromatic rings. The third-order valence-corrected chi connectivity index (χ3v) is 7.32. The Labute approximate surface area is 226 Å². The van der Waals surface area contributed by atoms with Gasteiger partial charge in [0.15, 0.2) is 0 Å². The van der Waals surface area contributed by atoms with Crippen LogP contribution in [0.15, 0.2) is 59.7 Å². The number of nitrogens with zero attached hydrogens (tertiary/aromatic N) is 5. The third-order valence-electron chi connectivity index (χ3n) is 6.69. The van der Waals surface area contributed by atoms with Gasteiger partial charge in [0, 0.05) is 66.6 Å². The van der Waals surface area contributed by atoms with E-state index in [0.29, 0.717) is 38.2 Å². The van der Waals surface area contributed by atoms with Gasteiger partial charge in [0.2, 0.25) is 11.4 Å². The minimum absolute atomic E-state index is 0.214. The second-order valence-corrected chi connectivity index (χ2v) is 11.2. The standard InChI is InChI=1S/C28H30Cl2N6O/c1-28(2,3)36-17-21(24-22(29)6-5-7-23(24)30)25(37)20-16-31-27(33-26(20)36)32-18-8-10-19(11-9-18)35-14-12-34(4)13-15-35/h5-11,16-17H,12-15H2,1-4H3,(H,31,32,33). The highest BCUT2D eigenvalue weighted by atomic mass is 35.5. The zero-order valence-electron chi connectivity index (χ0n) is 21.4. The number of fused-ring (bicyclic) bond motifs is 1. The number of halogens is 2. The Morgan fingerprint density at radius 3 is 2.22 bits per heavy atom. The molecule has 0 spiro atoms. The number of anilines is 3. The monoisotopic (exact) mass is 536 g/mol. The molecule has 0 unspecified atom stereocenters. The van der Waals surface area contributed by atoms with Gasteiger partial charge in [-0.1, -0.05) is 29.3 Å². The molecule has 0 saturated carbocycles. The molecule has 3 heterocycles. The third kappa shape index (κ3) is 5.17. The predicted molar refractivity (Wildman–Crippen MR) is 154 cm³/mol. The fourth-order valence-electron chi connectivity index (χ4n) is 4.56. The number of pyridine rings is 1. The van der Waals surface area contributed by atoms with E-state index in [-0.39, 0.29) is 11.0 Å². The van der Waals surface area contributed by atoms with E-state index in [9.17, 15) is 4.79 Å². The summed E-state index contributed by atoms with van der Waals surface area (Å²) in [6.07, 6.45) is 3.36. The topological polar surface area (TPSA) is 66.3 Å². The van der Waals surface area contributed by atoms with E-state index in [1.807, 2.05) is 16.7 Å². The molecule has 2 aromatic carbocycles. The summed E-state index contributed by atoms with van der Waals surface area (Å²) >= 11 is 12.9. The lowest BCUT2D eigenvalue weighted by Crippen LogP contribution is -2.44. The zero-order valence-corrected chi connectivity index (χ0v) is 22.9. The minimum Gasteiger partial charge on any atom is -0.369 e. The van der Waals surface area contributed by atoms with Crippen molar-refractivity contribution < 1.29 is 0 Å². The van der Waals surface area contributed by atoms with Crippen molar-refractivity contribution in [1.29, 1.82) is 0 Å². The van der Waals surface area contributed by atoms with Crippen molar-refractivity contribution in [3.05, 3.63) is 75.1 Å². The molecule has 1 N–H and O–H groups in total. The molecule has 2 aromatic heterocycles. The number of benzene rings is 2. The van der Waals surface area contributed by atoms with Gasteiger partial charge >= 0.3 is 0 Å². The van der Waals surface area contributed by atoms with Crippen LogP contribution in [0.2, 0.25) is 10.0 Å². The lowest BCUT2D eigenvalue weighted by atomic mass is 10.0. The largest absolute Gasteiger partial charge is 0.369 e. The van der Waals surface area contributed by atoms with Crippen molar-refractivity contribution in [3.63, 3.8) is 0 Å². The highest BCUT2D eigenvalue weighted by Gasteiger charge is 2.23. The Morgan fingerprint density at radius 1 is 0.946 bits per heavy atom. The number of likely N-dealkylation sites (N-methyl/N-ethyl adjacent to an activating group) is 1. The van der Waals surface area contributed by atoms with Crippen LogP contribution in [0, 0.1) is 0 Å². The first-order valence-corrected chi connectivity index (χ1v) is 13.1. The average Bonchev–Trinajstić information content (AvgIpc) is 2.85. The first kappa shape index (κ1) is 25.5. The van der Waals surface area contributed by atoms with E-state index in [1.54, 1.807) is 30.6 Å². The summed E-state index contributed by atoms with van der Waals surface area (Å²) < 4.78 is 1.97. The maximum absolute atomic E-state index is 13.6. The van der Waals surface area contributed by atoms with Crippen LogP contribution in [0.3, 0.4) is 0 Å². The van der Waals surface area contributed by atoms with Crippen LogP contribution in [-0.2, 0) is 5.54 Å². The zero-order chi connectivity index (χ0) is 26.3. The quantitative estimate of drug-likeness (QED) is 0.344. The molecule has 5 rings (SSSR count). The summed E-state index contributed by atoms with van der Waals surface area (Å²) in [7, 11) is 2.15. The summed E-state index contributed by atoms with van der Waals surface area (Å²) in [6.45, 7) is 10.3. The first-order chi connectivity index (χ1) is 17.6. The highest BCUT2D eigenvalue weighted by molar-refractivity contribution is 6.39. The molecule has 1 aliphatic rings. The van der Waals surface area contributed by atoms with Crippen LogP contribution in [0.4, 0.5) is 17.3 Å². The highest BCUT2D eigenvalue weighted by Crippen LogP contribution is 2.34. The molecular weight excluding hydrogens is 507 g/mol. The summed E-state index contributed by atoms with van der Waals surface area (Å²) in [5.41, 5.74) is 2.96. The number of nitrogens with one attached hydrogen (secondary N) is 1. The molecule has 7 nitrogen and oxygen atoms in total. The number of aromatic nitrogens is 3. The first-order valence-electron chi connectivity index (χ1n) is 12.3. The maximum atomic E-state index is 13.6. The molecule has 1 aliphatic heterocycles. The number of hydrogen-bond acceptors (Lipinski definition) is 6. The Balaban J connectivity index is 1.51. The van der Waals surface area contributed by atoms with Crippen molar-refractivity contribution >= 4 is 51.6 Å². The summed E-state index contributed by atoms with van der Waals surface area (Å²) in [6, 6.07) is 13.5. The second kappa shape index (κ2) is 9.97. The normalized spacial score (nSPS) is 14.8. The van der Waals surface area contributed by atoms with E-state index in [1.165, 1.54) is 5.69 Å². The van der Waals surface area contributed by atoms with Gasteiger partial charge in [-0.15, -0.1) is 0 Å². The molecule has 1 fully saturated rings. The van der Waals surface area contributed by atoms with Gasteiger partial charge in [-0.05, 0) is 64.2 Å². The van der Waals surface area contributed by atoms with E-state index < -0.39 is 0 Å². The van der Waals surface area contributed by atoms with Gasteiger partial charge in [0.25, 0.3) is 0 Å². The van der Waals surface area contributed by atoms with Crippen LogP contribution in [0.25, 0.3) is 22.2 Å². The van der Waals surface area contributed by atoms with Crippen molar-refractivity contribution in [2.75, 3.05) is 43.4 Å². The number of rotatable bonds is 4. The molecule has 0 radical (unpaired) electrons. The average molecular weight is 537 g/mol. The summed E-state index contributed by atoms with van der Waals surface area (Å²) in [4.78, 5) is 27.5. The number of piperazine rings is 1. The van der Waals surface area contributed by atoms with Crippen LogP contribution >= 0.6 is 23.2 Å². The van der Waals surface area contributed by atoms with Gasteiger partial charge in [-0.3, -0.25) is 4.79 Å². The summed E-state index contributed by atoms with van der Waals surface area (Å²) in [5, 5.41) is 4.53. The van der Waals surface area contributed by atoms with Crippen molar-refractivity contribution in [2.45, 2.75) is 26.3 Å². The molecule has 37 heavy (non-hydrogen) atoms. The van der Waals surface area contributed by atoms with Crippen LogP contribution < -0.4 is 15.6 Å². The molecule has 192 valence electrons. The Kier molecular flexibility index (Phi) is 6.88. The molecule has 9 heteroatoms. The molecule has 0 bridgehead atoms. The van der Waals surface area contributed by atoms with E-state index >= 15 is 0 Å². The number of hydrogen-bond donors (Lipinski definition) is 1. The molecular formula is C28H30Cl2N6O. The van der Waals surface area contributed by atoms with Gasteiger partial charge in [0.1, 0.15) is 5.65 Å². The second-order valence-electron chi connectivity index (χ2n) is 10.4. The SMILES string of the molecule is CN1CCN(c2ccc(Nc3ncc4c(=O)c(-c5c(Cl)cccc5Cl)cn(C(C)(C)C)c4n3)cc2)CC1. The fourth-order valence-corrected chi connectivity index (χ4v) is 5.17. The molecule has 0 atom stereocenters. The van der Waals surface area contributed by atoms with Crippen LogP contribution in [-0.4, -0.2) is 52.7 Å². The Morgan fingerprint density at radius 2 is 1.59 bits per heavy atom. The van der Waals surface area contributed by atoms with Crippen molar-refractivity contribution in [1.82, 2.24) is 19.4 Å². The predicted octanol–water partition coefficient (Wildman–Crippen LogP) is 6.02. The van der Waals surface area contributed by atoms with Crippen LogP contribution in [0.5, 0.6) is 0 Å². The van der Waals surface area contributed by atoms with E-state index in [2.05, 4.69) is 60.1 Å². The molecule has 0 amide bonds. The fraction of sp³-hybridized carbons (Fsp3) is 0.321. The van der Waals surface area contributed by atoms with Gasteiger partial charge in [-0.2, -0.15) is 4.98 Å². The smallest absolute Gasteiger partial charge is 0.229 e. The molecule has 0 aliphatic carbocycles. The lowest BCUT2D eigenvalue weighted by molar-refractivity contribution is 0.313. The Bertz CT molecular complexity index is 1480. The lowest BCUT2D eigenvalue weighted by Gasteiger charge is -2.34. The van der Waals surface area contributed by atoms with E-state index in [4.69, 9.17) is 28.2 Å². The maximum Gasteiger partial charge on any atom is 0.229 e. The Hall–Kier alpha value is -3.13. The molecule has 1 saturated heterocycles. The van der Waals surface area contributed by atoms with Gasteiger partial charge in [-0.25, -0.2) is 4.98 Å². The van der Waals surface area contributed by atoms with Crippen molar-refractivity contribution in [3.8, 4) is 11.1 Å². The van der Waals surface area contributed by atoms with Crippen molar-refractivity contribution in [2.24, 2.45) is 0 Å². The van der Waals surface area contributed by atoms with E-state index in [0.717, 1.165) is 31.9 Å². The van der Waals surface area contributed by atoms with Crippen LogP contribution in [0.1, 0.15) is 20.8 Å². The van der Waals surface area contributed by atoms with Gasteiger partial charge < -0.3 is 19.7 Å².